The van der Waals surface area contributed by atoms with E-state index in [0.29, 0.717) is 22.6 Å². The van der Waals surface area contributed by atoms with Gasteiger partial charge in [0.25, 0.3) is 5.91 Å². The summed E-state index contributed by atoms with van der Waals surface area (Å²) in [7, 11) is 0. The van der Waals surface area contributed by atoms with Gasteiger partial charge < -0.3 is 19.4 Å². The summed E-state index contributed by atoms with van der Waals surface area (Å²) in [5.74, 6) is -2.70. The maximum absolute atomic E-state index is 12.8. The highest BCUT2D eigenvalue weighted by Crippen LogP contribution is 2.35. The fraction of sp³-hybridized carbons (Fsp3) is 0.227. The summed E-state index contributed by atoms with van der Waals surface area (Å²) < 4.78 is 10.8. The number of furan rings is 1. The van der Waals surface area contributed by atoms with Gasteiger partial charge in [-0.2, -0.15) is 0 Å². The zero-order chi connectivity index (χ0) is 24.1. The smallest absolute Gasteiger partial charge is 0.338 e. The molecule has 0 spiro atoms. The summed E-state index contributed by atoms with van der Waals surface area (Å²) in [6.07, 6.45) is 0.770. The molecule has 33 heavy (non-hydrogen) atoms. The zero-order valence-electron chi connectivity index (χ0n) is 17.3. The lowest BCUT2D eigenvalue weighted by atomic mass is 10.1. The Kier molecular flexibility index (Phi) is 7.67. The van der Waals surface area contributed by atoms with Crippen LogP contribution in [-0.4, -0.2) is 55.9 Å². The number of amides is 1. The quantitative estimate of drug-likeness (QED) is 0.305. The van der Waals surface area contributed by atoms with Gasteiger partial charge in [0.15, 0.2) is 0 Å². The van der Waals surface area contributed by atoms with Gasteiger partial charge in [0.1, 0.15) is 21.9 Å². The van der Waals surface area contributed by atoms with Crippen LogP contribution in [-0.2, 0) is 19.1 Å². The molecule has 11 heteroatoms. The van der Waals surface area contributed by atoms with E-state index in [-0.39, 0.29) is 22.3 Å². The third-order valence-corrected chi connectivity index (χ3v) is 5.96. The molecule has 0 radical (unpaired) electrons. The van der Waals surface area contributed by atoms with Gasteiger partial charge in [0.05, 0.1) is 17.1 Å². The van der Waals surface area contributed by atoms with Crippen LogP contribution in [0.25, 0.3) is 17.4 Å². The number of hydrogen-bond donors (Lipinski definition) is 2. The highest BCUT2D eigenvalue weighted by Gasteiger charge is 2.40. The third-order valence-electron chi connectivity index (χ3n) is 4.63. The number of carboxylic acids is 2. The molecule has 1 saturated heterocycles. The fourth-order valence-electron chi connectivity index (χ4n) is 3.07. The van der Waals surface area contributed by atoms with Crippen LogP contribution in [0.3, 0.4) is 0 Å². The van der Waals surface area contributed by atoms with Crippen molar-refractivity contribution >= 4 is 58.2 Å². The van der Waals surface area contributed by atoms with Crippen LogP contribution in [0.4, 0.5) is 0 Å². The average molecular weight is 490 g/mol. The summed E-state index contributed by atoms with van der Waals surface area (Å²) in [5, 5.41) is 18.3. The van der Waals surface area contributed by atoms with Crippen molar-refractivity contribution in [3.05, 3.63) is 52.6 Å². The van der Waals surface area contributed by atoms with Crippen molar-refractivity contribution in [1.29, 1.82) is 0 Å². The standard InChI is InChI=1S/C22H19NO8S2/c1-2-30-21(29)13-5-3-12(4-6-13)16-9-7-14(31-16)11-17-19(26)23(22(32)33-17)15(20(27)28)8-10-18(24)25/h3-7,9,11,15H,2,8,10H2,1H3,(H,24,25)(H,27,28)/b17-11-/t15-/m1/s1. The summed E-state index contributed by atoms with van der Waals surface area (Å²) >= 11 is 6.09. The molecule has 0 bridgehead atoms. The van der Waals surface area contributed by atoms with E-state index in [2.05, 4.69) is 0 Å². The van der Waals surface area contributed by atoms with Gasteiger partial charge in [-0.1, -0.05) is 36.1 Å². The number of thiocarbonyl (C=S) groups is 1. The van der Waals surface area contributed by atoms with Crippen molar-refractivity contribution < 1.29 is 38.5 Å². The molecule has 2 heterocycles. The number of carboxylic acid groups (broad SMARTS) is 2. The first-order valence-electron chi connectivity index (χ1n) is 9.80. The van der Waals surface area contributed by atoms with Crippen molar-refractivity contribution in [2.24, 2.45) is 0 Å². The summed E-state index contributed by atoms with van der Waals surface area (Å²) in [5.41, 5.74) is 1.11. The number of carbonyl (C=O) groups is 4. The Bertz CT molecular complexity index is 1140. The van der Waals surface area contributed by atoms with E-state index in [0.717, 1.165) is 16.7 Å². The van der Waals surface area contributed by atoms with Gasteiger partial charge in [-0.15, -0.1) is 0 Å². The molecule has 2 aromatic rings. The van der Waals surface area contributed by atoms with E-state index in [4.69, 9.17) is 26.5 Å². The van der Waals surface area contributed by atoms with Crippen molar-refractivity contribution in [2.75, 3.05) is 6.61 Å². The van der Waals surface area contributed by atoms with Crippen molar-refractivity contribution in [1.82, 2.24) is 4.90 Å². The Labute approximate surface area is 198 Å². The lowest BCUT2D eigenvalue weighted by molar-refractivity contribution is -0.146. The minimum absolute atomic E-state index is 0.0328. The summed E-state index contributed by atoms with van der Waals surface area (Å²) in [4.78, 5) is 48.1. The van der Waals surface area contributed by atoms with Crippen LogP contribution >= 0.6 is 24.0 Å². The summed E-state index contributed by atoms with van der Waals surface area (Å²) in [6, 6.07) is 8.60. The molecule has 1 aromatic heterocycles. The Hall–Kier alpha value is -3.44. The minimum Gasteiger partial charge on any atom is -0.481 e. The SMILES string of the molecule is CCOC(=O)c1ccc(-c2ccc(/C=C3\SC(=S)N([C@H](CCC(=O)O)C(=O)O)C3=O)o2)cc1. The first-order chi connectivity index (χ1) is 15.7. The third kappa shape index (κ3) is 5.68. The predicted molar refractivity (Wildman–Crippen MR) is 123 cm³/mol. The average Bonchev–Trinajstić information content (AvgIpc) is 3.34. The molecule has 0 unspecified atom stereocenters. The Morgan fingerprint density at radius 3 is 2.48 bits per heavy atom. The highest BCUT2D eigenvalue weighted by atomic mass is 32.2. The lowest BCUT2D eigenvalue weighted by Crippen LogP contribution is -2.44. The number of ether oxygens (including phenoxy) is 1. The topological polar surface area (TPSA) is 134 Å². The molecule has 2 N–H and O–H groups in total. The Morgan fingerprint density at radius 1 is 1.18 bits per heavy atom. The molecule has 1 fully saturated rings. The van der Waals surface area contributed by atoms with E-state index in [9.17, 15) is 24.3 Å². The molecule has 1 aromatic carbocycles. The van der Waals surface area contributed by atoms with E-state index in [1.807, 2.05) is 0 Å². The monoisotopic (exact) mass is 489 g/mol. The zero-order valence-corrected chi connectivity index (χ0v) is 19.0. The van der Waals surface area contributed by atoms with Crippen molar-refractivity contribution in [3.8, 4) is 11.3 Å². The van der Waals surface area contributed by atoms with Crippen LogP contribution in [0.15, 0.2) is 45.7 Å². The van der Waals surface area contributed by atoms with Crippen LogP contribution in [0.5, 0.6) is 0 Å². The molecular weight excluding hydrogens is 470 g/mol. The largest absolute Gasteiger partial charge is 0.481 e. The molecule has 9 nitrogen and oxygen atoms in total. The highest BCUT2D eigenvalue weighted by molar-refractivity contribution is 8.26. The maximum atomic E-state index is 12.8. The van der Waals surface area contributed by atoms with Crippen molar-refractivity contribution in [3.63, 3.8) is 0 Å². The predicted octanol–water partition coefficient (Wildman–Crippen LogP) is 3.64. The van der Waals surface area contributed by atoms with Crippen LogP contribution in [0, 0.1) is 0 Å². The normalized spacial score (nSPS) is 15.7. The van der Waals surface area contributed by atoms with Gasteiger partial charge in [0, 0.05) is 18.1 Å². The molecule has 1 atom stereocenters. The van der Waals surface area contributed by atoms with E-state index >= 15 is 0 Å². The maximum Gasteiger partial charge on any atom is 0.338 e. The van der Waals surface area contributed by atoms with E-state index in [1.54, 1.807) is 43.3 Å². The minimum atomic E-state index is -1.37. The Balaban J connectivity index is 1.77. The van der Waals surface area contributed by atoms with E-state index in [1.165, 1.54) is 6.08 Å². The molecular formula is C22H19NO8S2. The second kappa shape index (κ2) is 10.5. The van der Waals surface area contributed by atoms with Crippen LogP contribution in [0.1, 0.15) is 35.9 Å². The molecule has 3 rings (SSSR count). The number of aliphatic carboxylic acids is 2. The number of thioether (sulfide) groups is 1. The van der Waals surface area contributed by atoms with Gasteiger partial charge in [-0.3, -0.25) is 14.5 Å². The van der Waals surface area contributed by atoms with Gasteiger partial charge >= 0.3 is 17.9 Å². The van der Waals surface area contributed by atoms with Crippen LogP contribution in [0.2, 0.25) is 0 Å². The number of rotatable bonds is 9. The van der Waals surface area contributed by atoms with Gasteiger partial charge in [0.2, 0.25) is 0 Å². The number of benzene rings is 1. The van der Waals surface area contributed by atoms with Gasteiger partial charge in [-0.05, 0) is 37.6 Å². The second-order valence-electron chi connectivity index (χ2n) is 6.84. The molecule has 0 aliphatic carbocycles. The lowest BCUT2D eigenvalue weighted by Gasteiger charge is -2.22. The summed E-state index contributed by atoms with van der Waals surface area (Å²) in [6.45, 7) is 2.00. The van der Waals surface area contributed by atoms with E-state index < -0.39 is 36.3 Å². The number of esters is 1. The van der Waals surface area contributed by atoms with Gasteiger partial charge in [-0.25, -0.2) is 9.59 Å². The van der Waals surface area contributed by atoms with Crippen molar-refractivity contribution in [2.45, 2.75) is 25.8 Å². The fourth-order valence-corrected chi connectivity index (χ4v) is 4.41. The molecule has 172 valence electrons. The first kappa shape index (κ1) is 24.2. The Morgan fingerprint density at radius 2 is 1.88 bits per heavy atom. The number of nitrogens with zero attached hydrogens (tertiary/aromatic N) is 1. The molecule has 1 amide bonds. The second-order valence-corrected chi connectivity index (χ2v) is 8.51. The molecule has 1 aliphatic heterocycles. The first-order valence-corrected chi connectivity index (χ1v) is 11.0. The van der Waals surface area contributed by atoms with Crippen LogP contribution < -0.4 is 0 Å². The molecule has 1 aliphatic rings. The molecule has 0 saturated carbocycles. The number of hydrogen-bond acceptors (Lipinski definition) is 8. The number of carbonyl (C=O) groups excluding carboxylic acids is 2.